The van der Waals surface area contributed by atoms with Crippen LogP contribution in [0.2, 0.25) is 0 Å². The molecular weight excluding hydrogens is 357 g/mol. The second kappa shape index (κ2) is 7.55. The predicted octanol–water partition coefficient (Wildman–Crippen LogP) is 1.87. The van der Waals surface area contributed by atoms with Gasteiger partial charge in [0.25, 0.3) is 0 Å². The highest BCUT2D eigenvalue weighted by molar-refractivity contribution is 7.89. The predicted molar refractivity (Wildman–Crippen MR) is 98.3 cm³/mol. The second-order valence-corrected chi connectivity index (χ2v) is 7.97. The number of aromatic nitrogens is 2. The lowest BCUT2D eigenvalue weighted by molar-refractivity contribution is 0.383. The first kappa shape index (κ1) is 18.5. The minimum Gasteiger partial charge on any atom is -0.370 e. The van der Waals surface area contributed by atoms with Crippen LogP contribution in [0.4, 0.5) is 16.0 Å². The summed E-state index contributed by atoms with van der Waals surface area (Å²) in [5, 5.41) is 3.17. The van der Waals surface area contributed by atoms with E-state index in [1.807, 2.05) is 24.8 Å². The van der Waals surface area contributed by atoms with Crippen molar-refractivity contribution in [3.05, 3.63) is 42.0 Å². The number of rotatable bonds is 5. The monoisotopic (exact) mass is 379 g/mol. The molecule has 140 valence electrons. The van der Waals surface area contributed by atoms with E-state index >= 15 is 0 Å². The fraction of sp³-hybridized carbons (Fsp3) is 0.412. The Bertz CT molecular complexity index is 865. The van der Waals surface area contributed by atoms with Crippen LogP contribution in [0, 0.1) is 12.7 Å². The van der Waals surface area contributed by atoms with E-state index in [0.29, 0.717) is 32.0 Å². The van der Waals surface area contributed by atoms with Gasteiger partial charge in [-0.1, -0.05) is 0 Å². The quantitative estimate of drug-likeness (QED) is 0.854. The Hall–Kier alpha value is -2.26. The molecule has 3 rings (SSSR count). The van der Waals surface area contributed by atoms with Gasteiger partial charge in [0.15, 0.2) is 0 Å². The van der Waals surface area contributed by atoms with Crippen LogP contribution in [0.1, 0.15) is 12.7 Å². The van der Waals surface area contributed by atoms with Crippen molar-refractivity contribution < 1.29 is 12.8 Å². The Morgan fingerprint density at radius 1 is 1.12 bits per heavy atom. The molecule has 0 bridgehead atoms. The summed E-state index contributed by atoms with van der Waals surface area (Å²) in [6.07, 6.45) is 0. The highest BCUT2D eigenvalue weighted by atomic mass is 32.2. The molecule has 7 nitrogen and oxygen atoms in total. The van der Waals surface area contributed by atoms with E-state index in [1.54, 1.807) is 0 Å². The fourth-order valence-electron chi connectivity index (χ4n) is 2.90. The average Bonchev–Trinajstić information content (AvgIpc) is 2.62. The van der Waals surface area contributed by atoms with E-state index in [1.165, 1.54) is 16.4 Å². The van der Waals surface area contributed by atoms with Crippen LogP contribution in [0.25, 0.3) is 0 Å². The molecule has 1 aliphatic rings. The summed E-state index contributed by atoms with van der Waals surface area (Å²) in [6.45, 7) is 6.35. The van der Waals surface area contributed by atoms with Gasteiger partial charge in [-0.2, -0.15) is 4.31 Å². The zero-order chi connectivity index (χ0) is 18.7. The molecule has 9 heteroatoms. The van der Waals surface area contributed by atoms with Crippen molar-refractivity contribution in [3.63, 3.8) is 0 Å². The lowest BCUT2D eigenvalue weighted by Gasteiger charge is -2.34. The first-order valence-corrected chi connectivity index (χ1v) is 9.94. The molecule has 1 saturated heterocycles. The van der Waals surface area contributed by atoms with Crippen LogP contribution >= 0.6 is 0 Å². The minimum absolute atomic E-state index is 0.111. The fourth-order valence-corrected chi connectivity index (χ4v) is 4.32. The lowest BCUT2D eigenvalue weighted by atomic mass is 10.3. The number of halogens is 1. The Balaban J connectivity index is 1.72. The summed E-state index contributed by atoms with van der Waals surface area (Å²) in [7, 11) is -3.61. The summed E-state index contributed by atoms with van der Waals surface area (Å²) in [5.41, 5.74) is 0. The van der Waals surface area contributed by atoms with E-state index in [2.05, 4.69) is 15.3 Å². The summed E-state index contributed by atoms with van der Waals surface area (Å²) in [5.74, 6) is 1.76. The van der Waals surface area contributed by atoms with Gasteiger partial charge in [-0.3, -0.25) is 0 Å². The van der Waals surface area contributed by atoms with Crippen LogP contribution in [-0.4, -0.2) is 55.4 Å². The molecule has 0 radical (unpaired) electrons. The zero-order valence-corrected chi connectivity index (χ0v) is 15.6. The van der Waals surface area contributed by atoms with Gasteiger partial charge in [0.1, 0.15) is 23.3 Å². The molecule has 1 N–H and O–H groups in total. The number of hydrogen-bond acceptors (Lipinski definition) is 6. The van der Waals surface area contributed by atoms with Gasteiger partial charge in [-0.15, -0.1) is 0 Å². The molecule has 1 fully saturated rings. The molecule has 2 aromatic rings. The van der Waals surface area contributed by atoms with Gasteiger partial charge in [0, 0.05) is 38.8 Å². The minimum atomic E-state index is -3.61. The first-order valence-electron chi connectivity index (χ1n) is 8.50. The first-order chi connectivity index (χ1) is 12.4. The standard InChI is InChI=1S/C17H22FN5O2S/c1-3-19-16-12-17(21-13(2)20-16)22-8-10-23(11-9-22)26(24,25)15-6-4-14(18)5-7-15/h4-7,12H,3,8-11H2,1-2H3,(H,19,20,21). The number of aryl methyl sites for hydroxylation is 1. The third-order valence-electron chi connectivity index (χ3n) is 4.20. The van der Waals surface area contributed by atoms with E-state index in [0.717, 1.165) is 30.3 Å². The van der Waals surface area contributed by atoms with E-state index in [4.69, 9.17) is 0 Å². The van der Waals surface area contributed by atoms with E-state index in [-0.39, 0.29) is 4.90 Å². The van der Waals surface area contributed by atoms with Gasteiger partial charge >= 0.3 is 0 Å². The molecule has 1 aliphatic heterocycles. The third-order valence-corrected chi connectivity index (χ3v) is 6.11. The number of sulfonamides is 1. The van der Waals surface area contributed by atoms with Crippen molar-refractivity contribution in [2.24, 2.45) is 0 Å². The topological polar surface area (TPSA) is 78.4 Å². The van der Waals surface area contributed by atoms with Crippen molar-refractivity contribution in [1.29, 1.82) is 0 Å². The zero-order valence-electron chi connectivity index (χ0n) is 14.8. The second-order valence-electron chi connectivity index (χ2n) is 6.03. The normalized spacial score (nSPS) is 15.9. The lowest BCUT2D eigenvalue weighted by Crippen LogP contribution is -2.49. The van der Waals surface area contributed by atoms with Gasteiger partial charge < -0.3 is 10.2 Å². The molecule has 0 saturated carbocycles. The van der Waals surface area contributed by atoms with Gasteiger partial charge in [-0.05, 0) is 38.1 Å². The molecule has 26 heavy (non-hydrogen) atoms. The maximum Gasteiger partial charge on any atom is 0.243 e. The van der Waals surface area contributed by atoms with Crippen LogP contribution < -0.4 is 10.2 Å². The largest absolute Gasteiger partial charge is 0.370 e. The number of nitrogens with one attached hydrogen (secondary N) is 1. The molecular formula is C17H22FN5O2S. The Labute approximate surface area is 152 Å². The summed E-state index contributed by atoms with van der Waals surface area (Å²) in [6, 6.07) is 6.80. The SMILES string of the molecule is CCNc1cc(N2CCN(S(=O)(=O)c3ccc(F)cc3)CC2)nc(C)n1. The van der Waals surface area contributed by atoms with Crippen LogP contribution in [0.15, 0.2) is 35.2 Å². The average molecular weight is 379 g/mol. The Morgan fingerprint density at radius 2 is 1.77 bits per heavy atom. The van der Waals surface area contributed by atoms with E-state index < -0.39 is 15.8 Å². The summed E-state index contributed by atoms with van der Waals surface area (Å²) >= 11 is 0. The molecule has 0 atom stereocenters. The Morgan fingerprint density at radius 3 is 2.38 bits per heavy atom. The maximum atomic E-state index is 13.0. The molecule has 0 unspecified atom stereocenters. The van der Waals surface area contributed by atoms with Crippen molar-refractivity contribution in [1.82, 2.24) is 14.3 Å². The van der Waals surface area contributed by atoms with Gasteiger partial charge in [0.05, 0.1) is 4.90 Å². The van der Waals surface area contributed by atoms with E-state index in [9.17, 15) is 12.8 Å². The molecule has 0 amide bonds. The van der Waals surface area contributed by atoms with Crippen molar-refractivity contribution in [2.45, 2.75) is 18.7 Å². The molecule has 2 heterocycles. The summed E-state index contributed by atoms with van der Waals surface area (Å²) < 4.78 is 39.8. The molecule has 1 aromatic heterocycles. The number of nitrogens with zero attached hydrogens (tertiary/aromatic N) is 4. The number of piperazine rings is 1. The smallest absolute Gasteiger partial charge is 0.243 e. The highest BCUT2D eigenvalue weighted by Crippen LogP contribution is 2.21. The van der Waals surface area contributed by atoms with Crippen LogP contribution in [0.3, 0.4) is 0 Å². The highest BCUT2D eigenvalue weighted by Gasteiger charge is 2.29. The Kier molecular flexibility index (Phi) is 5.38. The van der Waals surface area contributed by atoms with Crippen molar-refractivity contribution in [3.8, 4) is 0 Å². The van der Waals surface area contributed by atoms with Crippen LogP contribution in [-0.2, 0) is 10.0 Å². The number of anilines is 2. The number of hydrogen-bond donors (Lipinski definition) is 1. The molecule has 0 spiro atoms. The maximum absolute atomic E-state index is 13.0. The van der Waals surface area contributed by atoms with Gasteiger partial charge in [0.2, 0.25) is 10.0 Å². The van der Waals surface area contributed by atoms with Crippen LogP contribution in [0.5, 0.6) is 0 Å². The van der Waals surface area contributed by atoms with Crippen molar-refractivity contribution in [2.75, 3.05) is 42.9 Å². The number of benzene rings is 1. The van der Waals surface area contributed by atoms with Crippen molar-refractivity contribution >= 4 is 21.7 Å². The van der Waals surface area contributed by atoms with Gasteiger partial charge in [-0.25, -0.2) is 22.8 Å². The molecule has 1 aromatic carbocycles. The summed E-state index contributed by atoms with van der Waals surface area (Å²) in [4.78, 5) is 11.0. The third kappa shape index (κ3) is 3.94. The molecule has 0 aliphatic carbocycles.